The average Bonchev–Trinajstić information content (AvgIpc) is 2.23. The fourth-order valence-corrected chi connectivity index (χ4v) is 4.07. The molecular weight excluding hydrogens is 215 g/mol. The van der Waals surface area contributed by atoms with E-state index in [0.717, 1.165) is 18.8 Å². The van der Waals surface area contributed by atoms with E-state index in [2.05, 4.69) is 58.3 Å². The van der Waals surface area contributed by atoms with Gasteiger partial charge in [-0.05, 0) is 31.0 Å². The molecule has 3 heteroatoms. The molecule has 0 N–H and O–H groups in total. The van der Waals surface area contributed by atoms with Crippen molar-refractivity contribution in [2.75, 3.05) is 13.1 Å². The molecule has 0 saturated carbocycles. The van der Waals surface area contributed by atoms with Crippen LogP contribution in [0.3, 0.4) is 0 Å². The largest absolute Gasteiger partial charge is 0.364 e. The molecule has 0 heterocycles. The molecule has 0 aromatic heterocycles. The quantitative estimate of drug-likeness (QED) is 0.518. The third kappa shape index (κ3) is 4.54. The van der Waals surface area contributed by atoms with Crippen molar-refractivity contribution in [3.05, 3.63) is 11.5 Å². The lowest BCUT2D eigenvalue weighted by Gasteiger charge is -2.26. The summed E-state index contributed by atoms with van der Waals surface area (Å²) in [5, 5.41) is 9.22. The lowest BCUT2D eigenvalue weighted by Crippen LogP contribution is -2.21. The highest BCUT2D eigenvalue weighted by atomic mass is 31.1. The van der Waals surface area contributed by atoms with Crippen molar-refractivity contribution >= 4 is 7.92 Å². The van der Waals surface area contributed by atoms with Gasteiger partial charge in [-0.1, -0.05) is 35.6 Å². The highest BCUT2D eigenvalue weighted by Gasteiger charge is 2.16. The van der Waals surface area contributed by atoms with Gasteiger partial charge < -0.3 is 4.90 Å². The van der Waals surface area contributed by atoms with E-state index in [1.54, 1.807) is 0 Å². The molecule has 0 aliphatic carbocycles. The van der Waals surface area contributed by atoms with Gasteiger partial charge in [0.05, 0.1) is 0 Å². The normalized spacial score (nSPS) is 12.4. The fourth-order valence-electron chi connectivity index (χ4n) is 1.78. The van der Waals surface area contributed by atoms with Crippen molar-refractivity contribution in [2.24, 2.45) is 0 Å². The summed E-state index contributed by atoms with van der Waals surface area (Å²) in [6.45, 7) is 15.0. The first-order chi connectivity index (χ1) is 7.47. The SMILES string of the molecule is CCN(CC)/C(C#N)=C/P(C(C)C)C(C)C. The number of hydrogen-bond donors (Lipinski definition) is 0. The highest BCUT2D eigenvalue weighted by Crippen LogP contribution is 2.48. The van der Waals surface area contributed by atoms with Crippen molar-refractivity contribution in [1.82, 2.24) is 4.90 Å². The predicted molar refractivity (Wildman–Crippen MR) is 73.8 cm³/mol. The Bertz CT molecular complexity index is 252. The fraction of sp³-hybridized carbons (Fsp3) is 0.769. The van der Waals surface area contributed by atoms with E-state index in [9.17, 15) is 5.26 Å². The van der Waals surface area contributed by atoms with Crippen LogP contribution < -0.4 is 0 Å². The number of hydrogen-bond acceptors (Lipinski definition) is 2. The molecule has 92 valence electrons. The number of nitriles is 1. The van der Waals surface area contributed by atoms with E-state index in [1.807, 2.05) is 0 Å². The van der Waals surface area contributed by atoms with Crippen LogP contribution in [0.1, 0.15) is 41.5 Å². The average molecular weight is 240 g/mol. The minimum absolute atomic E-state index is 0.194. The van der Waals surface area contributed by atoms with Crippen LogP contribution in [0.25, 0.3) is 0 Å². The van der Waals surface area contributed by atoms with Gasteiger partial charge >= 0.3 is 0 Å². The summed E-state index contributed by atoms with van der Waals surface area (Å²) in [4.78, 5) is 2.14. The first-order valence-electron chi connectivity index (χ1n) is 6.12. The molecule has 0 aromatic rings. The standard InChI is InChI=1S/C13H25N2P/c1-7-15(8-2)13(9-14)10-16(11(3)4)12(5)6/h10-12H,7-8H2,1-6H3/b13-10+. The lowest BCUT2D eigenvalue weighted by molar-refractivity contribution is 0.398. The Balaban J connectivity index is 4.98. The third-order valence-corrected chi connectivity index (χ3v) is 5.61. The Labute approximate surface area is 102 Å². The Kier molecular flexibility index (Phi) is 7.43. The molecule has 0 aliphatic heterocycles. The molecule has 0 aliphatic rings. The van der Waals surface area contributed by atoms with Crippen LogP contribution in [0, 0.1) is 11.3 Å². The van der Waals surface area contributed by atoms with Crippen molar-refractivity contribution in [3.63, 3.8) is 0 Å². The molecule has 0 spiro atoms. The molecular formula is C13H25N2P. The van der Waals surface area contributed by atoms with Crippen LogP contribution in [0.2, 0.25) is 0 Å². The molecule has 0 saturated heterocycles. The number of rotatable bonds is 6. The van der Waals surface area contributed by atoms with E-state index in [-0.39, 0.29) is 7.92 Å². The zero-order chi connectivity index (χ0) is 12.7. The topological polar surface area (TPSA) is 27.0 Å². The zero-order valence-electron chi connectivity index (χ0n) is 11.5. The Hall–Kier alpha value is -0.540. The maximum absolute atomic E-state index is 9.22. The van der Waals surface area contributed by atoms with Crippen molar-refractivity contribution in [1.29, 1.82) is 5.26 Å². The van der Waals surface area contributed by atoms with Crippen LogP contribution in [-0.4, -0.2) is 29.3 Å². The van der Waals surface area contributed by atoms with Crippen LogP contribution in [0.5, 0.6) is 0 Å². The molecule has 0 fully saturated rings. The molecule has 0 aromatic carbocycles. The summed E-state index contributed by atoms with van der Waals surface area (Å²) in [6, 6.07) is 2.35. The van der Waals surface area contributed by atoms with Gasteiger partial charge in [-0.25, -0.2) is 0 Å². The summed E-state index contributed by atoms with van der Waals surface area (Å²) in [7, 11) is -0.194. The van der Waals surface area contributed by atoms with E-state index < -0.39 is 0 Å². The summed E-state index contributed by atoms with van der Waals surface area (Å²) < 4.78 is 0. The molecule has 0 atom stereocenters. The van der Waals surface area contributed by atoms with Gasteiger partial charge in [0.25, 0.3) is 0 Å². The van der Waals surface area contributed by atoms with Gasteiger partial charge in [-0.2, -0.15) is 5.26 Å². The van der Waals surface area contributed by atoms with Crippen molar-refractivity contribution < 1.29 is 0 Å². The van der Waals surface area contributed by atoms with Gasteiger partial charge in [-0.3, -0.25) is 0 Å². The maximum Gasteiger partial charge on any atom is 0.117 e. The minimum atomic E-state index is -0.194. The molecule has 0 radical (unpaired) electrons. The second kappa shape index (κ2) is 7.69. The van der Waals surface area contributed by atoms with E-state index in [4.69, 9.17) is 0 Å². The van der Waals surface area contributed by atoms with Crippen LogP contribution in [0.4, 0.5) is 0 Å². The van der Waals surface area contributed by atoms with Gasteiger partial charge in [0, 0.05) is 13.1 Å². The molecule has 2 nitrogen and oxygen atoms in total. The number of nitrogens with zero attached hydrogens (tertiary/aromatic N) is 2. The second-order valence-electron chi connectivity index (χ2n) is 4.43. The molecule has 0 bridgehead atoms. The van der Waals surface area contributed by atoms with Crippen molar-refractivity contribution in [3.8, 4) is 6.07 Å². The van der Waals surface area contributed by atoms with Crippen LogP contribution in [0.15, 0.2) is 11.5 Å². The summed E-state index contributed by atoms with van der Waals surface area (Å²) in [5.41, 5.74) is 2.15. The third-order valence-electron chi connectivity index (χ3n) is 2.68. The monoisotopic (exact) mass is 240 g/mol. The summed E-state index contributed by atoms with van der Waals surface area (Å²) in [5.74, 6) is 2.22. The van der Waals surface area contributed by atoms with E-state index >= 15 is 0 Å². The predicted octanol–water partition coefficient (Wildman–Crippen LogP) is 3.99. The van der Waals surface area contributed by atoms with Crippen molar-refractivity contribution in [2.45, 2.75) is 52.9 Å². The van der Waals surface area contributed by atoms with Gasteiger partial charge in [-0.15, -0.1) is 0 Å². The Morgan fingerprint density at radius 2 is 1.62 bits per heavy atom. The smallest absolute Gasteiger partial charge is 0.117 e. The van der Waals surface area contributed by atoms with Crippen LogP contribution >= 0.6 is 7.92 Å². The Morgan fingerprint density at radius 3 is 1.88 bits per heavy atom. The molecule has 0 unspecified atom stereocenters. The Morgan fingerprint density at radius 1 is 1.19 bits per heavy atom. The van der Waals surface area contributed by atoms with Gasteiger partial charge in [0.15, 0.2) is 0 Å². The number of allylic oxidation sites excluding steroid dienone is 1. The summed E-state index contributed by atoms with van der Waals surface area (Å²) >= 11 is 0. The highest BCUT2D eigenvalue weighted by molar-refractivity contribution is 7.62. The zero-order valence-corrected chi connectivity index (χ0v) is 12.4. The first kappa shape index (κ1) is 15.5. The van der Waals surface area contributed by atoms with Gasteiger partial charge in [0.2, 0.25) is 0 Å². The first-order valence-corrected chi connectivity index (χ1v) is 7.67. The van der Waals surface area contributed by atoms with E-state index in [0.29, 0.717) is 11.3 Å². The maximum atomic E-state index is 9.22. The second-order valence-corrected chi connectivity index (χ2v) is 7.65. The van der Waals surface area contributed by atoms with E-state index in [1.165, 1.54) is 0 Å². The summed E-state index contributed by atoms with van der Waals surface area (Å²) in [6.07, 6.45) is 0. The molecule has 0 rings (SSSR count). The molecule has 16 heavy (non-hydrogen) atoms. The van der Waals surface area contributed by atoms with Gasteiger partial charge in [0.1, 0.15) is 11.8 Å². The lowest BCUT2D eigenvalue weighted by atomic mass is 10.4. The molecule has 0 amide bonds. The van der Waals surface area contributed by atoms with Crippen LogP contribution in [-0.2, 0) is 0 Å². The minimum Gasteiger partial charge on any atom is -0.364 e.